The minimum atomic E-state index is -1.39. The highest BCUT2D eigenvalue weighted by atomic mass is 16.5. The summed E-state index contributed by atoms with van der Waals surface area (Å²) in [7, 11) is 0. The molecule has 1 aliphatic rings. The van der Waals surface area contributed by atoms with Gasteiger partial charge in [-0.1, -0.05) is 0 Å². The Morgan fingerprint density at radius 2 is 1.83 bits per heavy atom. The van der Waals surface area contributed by atoms with Crippen LogP contribution in [0.2, 0.25) is 0 Å². The quantitative estimate of drug-likeness (QED) is 0.387. The van der Waals surface area contributed by atoms with E-state index in [-0.39, 0.29) is 6.61 Å². The summed E-state index contributed by atoms with van der Waals surface area (Å²) in [4.78, 5) is 0. The molecule has 1 heterocycles. The van der Waals surface area contributed by atoms with E-state index < -0.39 is 31.0 Å². The van der Waals surface area contributed by atoms with Gasteiger partial charge in [-0.05, 0) is 6.42 Å². The molecule has 1 rings (SSSR count). The average molecular weight is 178 g/mol. The second-order valence-corrected chi connectivity index (χ2v) is 3.03. The Labute approximate surface area is 70.2 Å². The molecule has 0 radical (unpaired) electrons. The second-order valence-electron chi connectivity index (χ2n) is 3.03. The first-order valence-corrected chi connectivity index (χ1v) is 3.88. The number of aliphatic hydroxyl groups excluding tert-OH is 4. The van der Waals surface area contributed by atoms with Crippen molar-refractivity contribution in [2.75, 3.05) is 19.8 Å². The Kier molecular flexibility index (Phi) is 3.03. The van der Waals surface area contributed by atoms with Crippen LogP contribution in [0.4, 0.5) is 0 Å². The predicted octanol–water partition coefficient (Wildman–Crippen LogP) is -2.15. The topological polar surface area (TPSA) is 90.2 Å². The van der Waals surface area contributed by atoms with Gasteiger partial charge in [0.1, 0.15) is 11.7 Å². The molecule has 0 aromatic carbocycles. The van der Waals surface area contributed by atoms with Crippen molar-refractivity contribution in [1.82, 2.24) is 0 Å². The highest BCUT2D eigenvalue weighted by molar-refractivity contribution is 4.94. The summed E-state index contributed by atoms with van der Waals surface area (Å²) in [5.74, 6) is 0. The molecule has 2 atom stereocenters. The molecule has 0 aromatic rings. The lowest BCUT2D eigenvalue weighted by Gasteiger charge is -2.40. The molecule has 5 heteroatoms. The fraction of sp³-hybridized carbons (Fsp3) is 1.00. The maximum atomic E-state index is 9.39. The van der Waals surface area contributed by atoms with Gasteiger partial charge < -0.3 is 25.2 Å². The van der Waals surface area contributed by atoms with Crippen LogP contribution in [0.15, 0.2) is 0 Å². The fourth-order valence-corrected chi connectivity index (χ4v) is 1.31. The number of hydrogen-bond acceptors (Lipinski definition) is 5. The summed E-state index contributed by atoms with van der Waals surface area (Å²) < 4.78 is 5.04. The molecule has 4 N–H and O–H groups in total. The minimum Gasteiger partial charge on any atom is -0.393 e. The molecule has 0 aromatic heterocycles. The second kappa shape index (κ2) is 3.68. The lowest BCUT2D eigenvalue weighted by atomic mass is 9.90. The van der Waals surface area contributed by atoms with Crippen LogP contribution in [0.3, 0.4) is 0 Å². The van der Waals surface area contributed by atoms with Gasteiger partial charge in [0, 0.05) is 0 Å². The Bertz CT molecular complexity index is 145. The summed E-state index contributed by atoms with van der Waals surface area (Å²) >= 11 is 0. The predicted molar refractivity (Wildman–Crippen MR) is 39.5 cm³/mol. The molecular weight excluding hydrogens is 164 g/mol. The molecule has 1 aliphatic heterocycles. The summed E-state index contributed by atoms with van der Waals surface area (Å²) in [6, 6.07) is 0. The number of rotatable bonds is 2. The standard InChI is InChI=1S/C7H14O5/c8-3-7(4-9)6(11)5(10)1-2-12-7/h5-6,8-11H,1-4H2. The van der Waals surface area contributed by atoms with E-state index in [1.54, 1.807) is 0 Å². The Morgan fingerprint density at radius 1 is 1.25 bits per heavy atom. The molecule has 1 fully saturated rings. The van der Waals surface area contributed by atoms with Gasteiger partial charge in [-0.2, -0.15) is 0 Å². The highest BCUT2D eigenvalue weighted by Crippen LogP contribution is 2.24. The molecule has 0 bridgehead atoms. The first kappa shape index (κ1) is 9.88. The summed E-state index contributed by atoms with van der Waals surface area (Å²) in [5.41, 5.74) is -1.39. The zero-order chi connectivity index (χ0) is 9.19. The lowest BCUT2D eigenvalue weighted by molar-refractivity contribution is -0.225. The molecule has 0 aliphatic carbocycles. The van der Waals surface area contributed by atoms with Crippen LogP contribution in [0.1, 0.15) is 6.42 Å². The molecule has 12 heavy (non-hydrogen) atoms. The zero-order valence-corrected chi connectivity index (χ0v) is 6.68. The van der Waals surface area contributed by atoms with Gasteiger partial charge in [0.25, 0.3) is 0 Å². The van der Waals surface area contributed by atoms with Gasteiger partial charge in [0.05, 0.1) is 25.9 Å². The highest BCUT2D eigenvalue weighted by Gasteiger charge is 2.45. The van der Waals surface area contributed by atoms with Gasteiger partial charge in [-0.3, -0.25) is 0 Å². The smallest absolute Gasteiger partial charge is 0.142 e. The summed E-state index contributed by atoms with van der Waals surface area (Å²) in [5, 5.41) is 36.4. The van der Waals surface area contributed by atoms with Gasteiger partial charge in [0.15, 0.2) is 0 Å². The van der Waals surface area contributed by atoms with Crippen molar-refractivity contribution in [3.8, 4) is 0 Å². The van der Waals surface area contributed by atoms with E-state index in [9.17, 15) is 10.2 Å². The number of hydrogen-bond donors (Lipinski definition) is 4. The zero-order valence-electron chi connectivity index (χ0n) is 6.68. The van der Waals surface area contributed by atoms with E-state index in [4.69, 9.17) is 14.9 Å². The molecule has 0 spiro atoms. The minimum absolute atomic E-state index is 0.235. The Balaban J connectivity index is 2.71. The summed E-state index contributed by atoms with van der Waals surface area (Å²) in [6.45, 7) is -0.761. The van der Waals surface area contributed by atoms with E-state index in [0.717, 1.165) is 0 Å². The van der Waals surface area contributed by atoms with E-state index in [0.29, 0.717) is 6.42 Å². The Morgan fingerprint density at radius 3 is 2.25 bits per heavy atom. The summed E-state index contributed by atoms with van der Waals surface area (Å²) in [6.07, 6.45) is -1.83. The van der Waals surface area contributed by atoms with Crippen LogP contribution in [0, 0.1) is 0 Å². The number of ether oxygens (including phenoxy) is 1. The van der Waals surface area contributed by atoms with Gasteiger partial charge in [-0.25, -0.2) is 0 Å². The molecule has 1 saturated heterocycles. The third kappa shape index (κ3) is 1.46. The maximum Gasteiger partial charge on any atom is 0.142 e. The number of aliphatic hydroxyl groups is 4. The Hall–Kier alpha value is -0.200. The fourth-order valence-electron chi connectivity index (χ4n) is 1.31. The SMILES string of the molecule is OCC1(CO)OCCC(O)C1O. The molecule has 0 amide bonds. The normalized spacial score (nSPS) is 35.0. The van der Waals surface area contributed by atoms with Crippen molar-refractivity contribution >= 4 is 0 Å². The first-order chi connectivity index (χ1) is 5.66. The van der Waals surface area contributed by atoms with Gasteiger partial charge in [0.2, 0.25) is 0 Å². The van der Waals surface area contributed by atoms with Crippen LogP contribution in [0.5, 0.6) is 0 Å². The van der Waals surface area contributed by atoms with Crippen molar-refractivity contribution in [1.29, 1.82) is 0 Å². The van der Waals surface area contributed by atoms with Crippen molar-refractivity contribution < 1.29 is 25.2 Å². The molecule has 72 valence electrons. The van der Waals surface area contributed by atoms with Crippen molar-refractivity contribution in [2.45, 2.75) is 24.2 Å². The van der Waals surface area contributed by atoms with E-state index in [2.05, 4.69) is 0 Å². The van der Waals surface area contributed by atoms with Gasteiger partial charge in [-0.15, -0.1) is 0 Å². The molecule has 2 unspecified atom stereocenters. The molecular formula is C7H14O5. The van der Waals surface area contributed by atoms with Crippen LogP contribution >= 0.6 is 0 Å². The van der Waals surface area contributed by atoms with Crippen molar-refractivity contribution in [3.63, 3.8) is 0 Å². The maximum absolute atomic E-state index is 9.39. The molecule has 5 nitrogen and oxygen atoms in total. The monoisotopic (exact) mass is 178 g/mol. The first-order valence-electron chi connectivity index (χ1n) is 3.88. The third-order valence-corrected chi connectivity index (χ3v) is 2.24. The average Bonchev–Trinajstić information content (AvgIpc) is 2.11. The van der Waals surface area contributed by atoms with Crippen LogP contribution in [0.25, 0.3) is 0 Å². The van der Waals surface area contributed by atoms with Crippen molar-refractivity contribution in [2.24, 2.45) is 0 Å². The van der Waals surface area contributed by atoms with E-state index in [1.165, 1.54) is 0 Å². The molecule has 0 saturated carbocycles. The third-order valence-electron chi connectivity index (χ3n) is 2.24. The van der Waals surface area contributed by atoms with Crippen LogP contribution < -0.4 is 0 Å². The van der Waals surface area contributed by atoms with E-state index >= 15 is 0 Å². The van der Waals surface area contributed by atoms with Crippen molar-refractivity contribution in [3.05, 3.63) is 0 Å². The van der Waals surface area contributed by atoms with E-state index in [1.807, 2.05) is 0 Å². The van der Waals surface area contributed by atoms with Crippen LogP contribution in [-0.4, -0.2) is 58.1 Å². The largest absolute Gasteiger partial charge is 0.393 e. The van der Waals surface area contributed by atoms with Gasteiger partial charge >= 0.3 is 0 Å². The lowest BCUT2D eigenvalue weighted by Crippen LogP contribution is -2.59. The van der Waals surface area contributed by atoms with Crippen LogP contribution in [-0.2, 0) is 4.74 Å².